The fraction of sp³-hybridized carbons (Fsp3) is 0.750. The maximum atomic E-state index is 11.5. The van der Waals surface area contributed by atoms with E-state index in [4.69, 9.17) is 4.74 Å². The average molecular weight is 242 g/mol. The molecule has 0 aromatic heterocycles. The van der Waals surface area contributed by atoms with Gasteiger partial charge in [-0.1, -0.05) is 19.6 Å². The highest BCUT2D eigenvalue weighted by atomic mass is 28.3. The summed E-state index contributed by atoms with van der Waals surface area (Å²) in [5, 5.41) is 9.41. The predicted molar refractivity (Wildman–Crippen MR) is 67.3 cm³/mol. The SMILES string of the molecule is C[Si](C)(C)CCOCC1=C[C@H](O)CCC1=O. The van der Waals surface area contributed by atoms with E-state index in [0.717, 1.165) is 12.7 Å². The lowest BCUT2D eigenvalue weighted by atomic mass is 9.97. The summed E-state index contributed by atoms with van der Waals surface area (Å²) >= 11 is 0. The zero-order valence-corrected chi connectivity index (χ0v) is 11.5. The molecule has 92 valence electrons. The van der Waals surface area contributed by atoms with Gasteiger partial charge in [0.2, 0.25) is 0 Å². The van der Waals surface area contributed by atoms with Crippen LogP contribution in [-0.4, -0.2) is 38.3 Å². The van der Waals surface area contributed by atoms with Crippen LogP contribution in [0.1, 0.15) is 12.8 Å². The number of carbonyl (C=O) groups is 1. The second-order valence-electron chi connectivity index (χ2n) is 5.58. The number of ketones is 1. The maximum Gasteiger partial charge on any atom is 0.161 e. The molecule has 1 atom stereocenters. The van der Waals surface area contributed by atoms with Crippen LogP contribution in [0.25, 0.3) is 0 Å². The van der Waals surface area contributed by atoms with Crippen molar-refractivity contribution in [1.82, 2.24) is 0 Å². The fourth-order valence-electron chi connectivity index (χ4n) is 1.54. The summed E-state index contributed by atoms with van der Waals surface area (Å²) in [4.78, 5) is 11.5. The van der Waals surface area contributed by atoms with E-state index in [9.17, 15) is 9.90 Å². The van der Waals surface area contributed by atoms with Gasteiger partial charge in [-0.2, -0.15) is 0 Å². The molecule has 1 aliphatic carbocycles. The van der Waals surface area contributed by atoms with Crippen LogP contribution in [0.5, 0.6) is 0 Å². The lowest BCUT2D eigenvalue weighted by molar-refractivity contribution is -0.117. The van der Waals surface area contributed by atoms with Crippen molar-refractivity contribution in [2.24, 2.45) is 0 Å². The molecule has 0 aromatic carbocycles. The highest BCUT2D eigenvalue weighted by Crippen LogP contribution is 2.15. The van der Waals surface area contributed by atoms with Gasteiger partial charge in [-0.15, -0.1) is 0 Å². The van der Waals surface area contributed by atoms with Gasteiger partial charge in [0, 0.05) is 26.7 Å². The molecular weight excluding hydrogens is 220 g/mol. The summed E-state index contributed by atoms with van der Waals surface area (Å²) in [6.07, 6.45) is 2.18. The summed E-state index contributed by atoms with van der Waals surface area (Å²) in [6, 6.07) is 1.11. The standard InChI is InChI=1S/C12H22O3Si/c1-16(2,3)7-6-15-9-10-8-11(13)4-5-12(10)14/h8,11,13H,4-7,9H2,1-3H3/t11-/m1/s1. The molecule has 0 aliphatic heterocycles. The molecule has 4 heteroatoms. The van der Waals surface area contributed by atoms with Crippen molar-refractivity contribution in [1.29, 1.82) is 0 Å². The molecule has 0 saturated carbocycles. The lowest BCUT2D eigenvalue weighted by Crippen LogP contribution is -2.23. The van der Waals surface area contributed by atoms with E-state index in [1.54, 1.807) is 6.08 Å². The second-order valence-corrected chi connectivity index (χ2v) is 11.2. The van der Waals surface area contributed by atoms with Crippen LogP contribution >= 0.6 is 0 Å². The van der Waals surface area contributed by atoms with Crippen molar-refractivity contribution in [2.45, 2.75) is 44.6 Å². The summed E-state index contributed by atoms with van der Waals surface area (Å²) in [5.41, 5.74) is 0.648. The van der Waals surface area contributed by atoms with Gasteiger partial charge in [-0.05, 0) is 18.5 Å². The van der Waals surface area contributed by atoms with Crippen molar-refractivity contribution in [3.63, 3.8) is 0 Å². The molecule has 0 aromatic rings. The molecule has 0 radical (unpaired) electrons. The summed E-state index contributed by atoms with van der Waals surface area (Å²) < 4.78 is 5.50. The normalized spacial score (nSPS) is 22.1. The van der Waals surface area contributed by atoms with Crippen LogP contribution in [0.3, 0.4) is 0 Å². The van der Waals surface area contributed by atoms with E-state index >= 15 is 0 Å². The molecule has 0 spiro atoms. The quantitative estimate of drug-likeness (QED) is 0.592. The molecule has 0 heterocycles. The Kier molecular flexibility index (Phi) is 4.89. The first-order valence-electron chi connectivity index (χ1n) is 5.88. The third kappa shape index (κ3) is 5.05. The van der Waals surface area contributed by atoms with Gasteiger partial charge in [0.15, 0.2) is 5.78 Å². The van der Waals surface area contributed by atoms with Gasteiger partial charge in [-0.25, -0.2) is 0 Å². The van der Waals surface area contributed by atoms with Gasteiger partial charge >= 0.3 is 0 Å². The summed E-state index contributed by atoms with van der Waals surface area (Å²) in [7, 11) is -1.05. The third-order valence-corrected chi connectivity index (χ3v) is 4.38. The minimum Gasteiger partial charge on any atom is -0.389 e. The van der Waals surface area contributed by atoms with E-state index < -0.39 is 14.2 Å². The Balaban J connectivity index is 2.29. The molecule has 0 saturated heterocycles. The first-order chi connectivity index (χ1) is 7.38. The highest BCUT2D eigenvalue weighted by Gasteiger charge is 2.19. The van der Waals surface area contributed by atoms with Gasteiger partial charge < -0.3 is 9.84 Å². The first kappa shape index (κ1) is 13.6. The molecule has 1 N–H and O–H groups in total. The minimum atomic E-state index is -1.05. The fourth-order valence-corrected chi connectivity index (χ4v) is 2.29. The molecule has 16 heavy (non-hydrogen) atoms. The second kappa shape index (κ2) is 5.75. The topological polar surface area (TPSA) is 46.5 Å². The molecule has 0 fully saturated rings. The Bertz CT molecular complexity index is 278. The Hall–Kier alpha value is -0.453. The van der Waals surface area contributed by atoms with E-state index in [1.165, 1.54) is 0 Å². The maximum absolute atomic E-state index is 11.5. The van der Waals surface area contributed by atoms with Gasteiger partial charge in [0.25, 0.3) is 0 Å². The van der Waals surface area contributed by atoms with Crippen LogP contribution in [-0.2, 0) is 9.53 Å². The van der Waals surface area contributed by atoms with Crippen molar-refractivity contribution in [3.8, 4) is 0 Å². The van der Waals surface area contributed by atoms with E-state index in [2.05, 4.69) is 19.6 Å². The third-order valence-electron chi connectivity index (χ3n) is 2.67. The number of carbonyl (C=O) groups excluding carboxylic acids is 1. The zero-order valence-electron chi connectivity index (χ0n) is 10.5. The number of aliphatic hydroxyl groups excluding tert-OH is 1. The van der Waals surface area contributed by atoms with Gasteiger partial charge in [0.05, 0.1) is 12.7 Å². The van der Waals surface area contributed by atoms with Crippen molar-refractivity contribution in [3.05, 3.63) is 11.6 Å². The molecular formula is C12H22O3Si. The number of aliphatic hydroxyl groups is 1. The Morgan fingerprint density at radius 1 is 1.50 bits per heavy atom. The van der Waals surface area contributed by atoms with Crippen molar-refractivity contribution in [2.75, 3.05) is 13.2 Å². The monoisotopic (exact) mass is 242 g/mol. The van der Waals surface area contributed by atoms with Crippen LogP contribution in [0.4, 0.5) is 0 Å². The van der Waals surface area contributed by atoms with E-state index in [0.29, 0.717) is 25.0 Å². The summed E-state index contributed by atoms with van der Waals surface area (Å²) in [5.74, 6) is 0.123. The lowest BCUT2D eigenvalue weighted by Gasteiger charge is -2.18. The Morgan fingerprint density at radius 3 is 2.81 bits per heavy atom. The van der Waals surface area contributed by atoms with Crippen molar-refractivity contribution >= 4 is 13.9 Å². The number of Topliss-reactive ketones (excluding diaryl/α,β-unsaturated/α-hetero) is 1. The number of rotatable bonds is 5. The number of hydrogen-bond donors (Lipinski definition) is 1. The van der Waals surface area contributed by atoms with Gasteiger partial charge in [0.1, 0.15) is 0 Å². The predicted octanol–water partition coefficient (Wildman–Crippen LogP) is 1.99. The first-order valence-corrected chi connectivity index (χ1v) is 9.59. The van der Waals surface area contributed by atoms with Gasteiger partial charge in [-0.3, -0.25) is 4.79 Å². The van der Waals surface area contributed by atoms with Crippen LogP contribution in [0.15, 0.2) is 11.6 Å². The molecule has 0 unspecified atom stereocenters. The number of ether oxygens (including phenoxy) is 1. The van der Waals surface area contributed by atoms with E-state index in [-0.39, 0.29) is 5.78 Å². The largest absolute Gasteiger partial charge is 0.389 e. The Labute approximate surface area is 98.5 Å². The smallest absolute Gasteiger partial charge is 0.161 e. The molecule has 1 aliphatic rings. The van der Waals surface area contributed by atoms with E-state index in [1.807, 2.05) is 0 Å². The molecule has 1 rings (SSSR count). The summed E-state index contributed by atoms with van der Waals surface area (Å²) in [6.45, 7) is 7.97. The molecule has 0 bridgehead atoms. The highest BCUT2D eigenvalue weighted by molar-refractivity contribution is 6.76. The molecule has 3 nitrogen and oxygen atoms in total. The average Bonchev–Trinajstić information content (AvgIpc) is 2.16. The van der Waals surface area contributed by atoms with Crippen LogP contribution < -0.4 is 0 Å². The minimum absolute atomic E-state index is 0.123. The molecule has 0 amide bonds. The van der Waals surface area contributed by atoms with Crippen LogP contribution in [0.2, 0.25) is 25.7 Å². The Morgan fingerprint density at radius 2 is 2.19 bits per heavy atom. The zero-order chi connectivity index (χ0) is 12.2. The van der Waals surface area contributed by atoms with Crippen LogP contribution in [0, 0.1) is 0 Å². The van der Waals surface area contributed by atoms with Crippen molar-refractivity contribution < 1.29 is 14.6 Å². The number of hydrogen-bond acceptors (Lipinski definition) is 3.